The van der Waals surface area contributed by atoms with Crippen LogP contribution in [0.3, 0.4) is 0 Å². The minimum atomic E-state index is -0.907. The number of aliphatic hydroxyl groups is 3. The molecule has 4 saturated carbocycles. The number of carboxylic acids is 1. The largest absolute Gasteiger partial charge is 0.481 e. The Morgan fingerprint density at radius 3 is 2.23 bits per heavy atom. The van der Waals surface area contributed by atoms with E-state index in [1.54, 1.807) is 0 Å². The first-order chi connectivity index (χ1) is 16.1. The molecule has 0 radical (unpaired) electrons. The number of hydrogen-bond donors (Lipinski definition) is 4. The van der Waals surface area contributed by atoms with E-state index in [0.29, 0.717) is 12.3 Å². The highest BCUT2D eigenvalue weighted by atomic mass is 16.4. The van der Waals surface area contributed by atoms with Gasteiger partial charge >= 0.3 is 5.97 Å². The minimum absolute atomic E-state index is 0.00698. The summed E-state index contributed by atoms with van der Waals surface area (Å²) in [5, 5.41) is 42.8. The summed E-state index contributed by atoms with van der Waals surface area (Å²) in [4.78, 5) is 12.8. The van der Waals surface area contributed by atoms with E-state index in [4.69, 9.17) is 0 Å². The van der Waals surface area contributed by atoms with Gasteiger partial charge in [-0.1, -0.05) is 53.2 Å². The van der Waals surface area contributed by atoms with Crippen molar-refractivity contribution < 1.29 is 25.2 Å². The number of rotatable bonds is 2. The van der Waals surface area contributed by atoms with Crippen molar-refractivity contribution in [1.29, 1.82) is 0 Å². The molecular formula is C30H48O5. The summed E-state index contributed by atoms with van der Waals surface area (Å²) in [6.07, 6.45) is 8.40. The standard InChI is InChI=1S/C30H48O5/c1-25(2)11-13-30(24(34)35)14-12-28(5)18(19(30)15-25)7-8-22-26(3)16-20(32)23(33)27(4,17-31)21(26)9-10-29(22,28)6/h7,19-23,31-33H,8-17H2,1-6H3,(H,34,35)/t19-,20-,21+,22-,23+,26+,27+,28-,29-,30+/m1/s1. The van der Waals surface area contributed by atoms with Crippen LogP contribution in [0.4, 0.5) is 0 Å². The highest BCUT2D eigenvalue weighted by Gasteiger charge is 2.70. The van der Waals surface area contributed by atoms with Crippen LogP contribution in [-0.2, 0) is 4.79 Å². The molecule has 0 saturated heterocycles. The average Bonchev–Trinajstić information content (AvgIpc) is 2.77. The summed E-state index contributed by atoms with van der Waals surface area (Å²) in [6.45, 7) is 13.6. The molecule has 198 valence electrons. The molecule has 10 atom stereocenters. The van der Waals surface area contributed by atoms with Gasteiger partial charge in [0.1, 0.15) is 0 Å². The molecule has 5 aliphatic rings. The first kappa shape index (κ1) is 25.7. The Bertz CT molecular complexity index is 941. The van der Waals surface area contributed by atoms with Gasteiger partial charge in [0.25, 0.3) is 0 Å². The van der Waals surface area contributed by atoms with E-state index in [1.165, 1.54) is 5.57 Å². The molecule has 0 aromatic carbocycles. The van der Waals surface area contributed by atoms with Crippen molar-refractivity contribution in [3.63, 3.8) is 0 Å². The second-order valence-corrected chi connectivity index (χ2v) is 15.1. The van der Waals surface area contributed by atoms with Gasteiger partial charge in [0.05, 0.1) is 24.2 Å². The molecule has 0 aromatic heterocycles. The van der Waals surface area contributed by atoms with Gasteiger partial charge in [0, 0.05) is 5.41 Å². The van der Waals surface area contributed by atoms with E-state index in [2.05, 4.69) is 40.7 Å². The van der Waals surface area contributed by atoms with Crippen molar-refractivity contribution in [2.45, 2.75) is 112 Å². The number of carboxylic acid groups (broad SMARTS) is 1. The third-order valence-electron chi connectivity index (χ3n) is 13.2. The molecule has 0 aromatic rings. The zero-order chi connectivity index (χ0) is 25.8. The van der Waals surface area contributed by atoms with Gasteiger partial charge in [-0.25, -0.2) is 0 Å². The molecular weight excluding hydrogens is 440 g/mol. The van der Waals surface area contributed by atoms with E-state index in [1.807, 2.05) is 6.92 Å². The predicted molar refractivity (Wildman–Crippen MR) is 135 cm³/mol. The third kappa shape index (κ3) is 3.07. The molecule has 5 aliphatic carbocycles. The summed E-state index contributed by atoms with van der Waals surface area (Å²) in [7, 11) is 0. The van der Waals surface area contributed by atoms with Gasteiger partial charge in [0.2, 0.25) is 0 Å². The molecule has 0 bridgehead atoms. The summed E-state index contributed by atoms with van der Waals surface area (Å²) in [6, 6.07) is 0. The van der Waals surface area contributed by atoms with Gasteiger partial charge in [0.15, 0.2) is 0 Å². The smallest absolute Gasteiger partial charge is 0.310 e. The fourth-order valence-electron chi connectivity index (χ4n) is 10.8. The van der Waals surface area contributed by atoms with Gasteiger partial charge < -0.3 is 20.4 Å². The van der Waals surface area contributed by atoms with E-state index in [0.717, 1.165) is 51.4 Å². The molecule has 35 heavy (non-hydrogen) atoms. The molecule has 5 nitrogen and oxygen atoms in total. The van der Waals surface area contributed by atoms with Gasteiger partial charge in [-0.15, -0.1) is 0 Å². The van der Waals surface area contributed by atoms with Crippen LogP contribution in [0.25, 0.3) is 0 Å². The summed E-state index contributed by atoms with van der Waals surface area (Å²) in [5.41, 5.74) is -0.0632. The Hall–Kier alpha value is -0.910. The van der Waals surface area contributed by atoms with Crippen molar-refractivity contribution in [2.75, 3.05) is 6.61 Å². The number of aliphatic carboxylic acids is 1. The van der Waals surface area contributed by atoms with Gasteiger partial charge in [-0.3, -0.25) is 4.79 Å². The van der Waals surface area contributed by atoms with Crippen LogP contribution in [0.15, 0.2) is 11.6 Å². The number of allylic oxidation sites excluding steroid dienone is 2. The lowest BCUT2D eigenvalue weighted by Gasteiger charge is -2.71. The lowest BCUT2D eigenvalue weighted by molar-refractivity contribution is -0.243. The SMILES string of the molecule is CC1(C)CC[C@]2(C(=O)O)CC[C@]3(C)C(=CC[C@@H]4[C@@]5(C)C[C@@H](O)[C@H](O)[C@@](C)(CO)[C@H]5CC[C@]43C)[C@H]2C1. The summed E-state index contributed by atoms with van der Waals surface area (Å²) >= 11 is 0. The highest BCUT2D eigenvalue weighted by molar-refractivity contribution is 5.76. The molecule has 0 heterocycles. The van der Waals surface area contributed by atoms with Crippen molar-refractivity contribution in [3.8, 4) is 0 Å². The van der Waals surface area contributed by atoms with Crippen LogP contribution < -0.4 is 0 Å². The third-order valence-corrected chi connectivity index (χ3v) is 13.2. The Morgan fingerprint density at radius 1 is 0.943 bits per heavy atom. The number of carbonyl (C=O) groups is 1. The van der Waals surface area contributed by atoms with Crippen LogP contribution in [0.1, 0.15) is 99.3 Å². The van der Waals surface area contributed by atoms with Crippen molar-refractivity contribution in [3.05, 3.63) is 11.6 Å². The fourth-order valence-corrected chi connectivity index (χ4v) is 10.8. The van der Waals surface area contributed by atoms with Gasteiger partial charge in [-0.05, 0) is 97.2 Å². The lowest BCUT2D eigenvalue weighted by atomic mass is 9.33. The van der Waals surface area contributed by atoms with Crippen molar-refractivity contribution >= 4 is 5.97 Å². The maximum Gasteiger partial charge on any atom is 0.310 e. The molecule has 0 unspecified atom stereocenters. The first-order valence-corrected chi connectivity index (χ1v) is 14.0. The second kappa shape index (κ2) is 7.57. The number of aliphatic hydroxyl groups excluding tert-OH is 3. The summed E-state index contributed by atoms with van der Waals surface area (Å²) in [5.74, 6) is -0.0472. The molecule has 0 amide bonds. The molecule has 0 spiro atoms. The van der Waals surface area contributed by atoms with Gasteiger partial charge in [-0.2, -0.15) is 0 Å². The molecule has 4 N–H and O–H groups in total. The lowest BCUT2D eigenvalue weighted by Crippen LogP contribution is -2.68. The number of fused-ring (bicyclic) bond motifs is 7. The summed E-state index contributed by atoms with van der Waals surface area (Å²) < 4.78 is 0. The van der Waals surface area contributed by atoms with E-state index >= 15 is 0 Å². The van der Waals surface area contributed by atoms with Crippen molar-refractivity contribution in [1.82, 2.24) is 0 Å². The van der Waals surface area contributed by atoms with E-state index in [-0.39, 0.29) is 40.1 Å². The Balaban J connectivity index is 1.61. The van der Waals surface area contributed by atoms with E-state index < -0.39 is 29.0 Å². The maximum absolute atomic E-state index is 12.8. The zero-order valence-corrected chi connectivity index (χ0v) is 22.7. The number of hydrogen-bond acceptors (Lipinski definition) is 4. The zero-order valence-electron chi connectivity index (χ0n) is 22.7. The minimum Gasteiger partial charge on any atom is -0.481 e. The van der Waals surface area contributed by atoms with E-state index in [9.17, 15) is 25.2 Å². The monoisotopic (exact) mass is 488 g/mol. The normalized spacial score (nSPS) is 55.0. The van der Waals surface area contributed by atoms with Crippen LogP contribution >= 0.6 is 0 Å². The average molecular weight is 489 g/mol. The quantitative estimate of drug-likeness (QED) is 0.402. The molecule has 5 heteroatoms. The Labute approximate surface area is 211 Å². The first-order valence-electron chi connectivity index (χ1n) is 14.0. The van der Waals surface area contributed by atoms with Crippen LogP contribution in [0.2, 0.25) is 0 Å². The fraction of sp³-hybridized carbons (Fsp3) is 0.900. The van der Waals surface area contributed by atoms with Crippen LogP contribution in [0.5, 0.6) is 0 Å². The molecule has 4 fully saturated rings. The van der Waals surface area contributed by atoms with Crippen molar-refractivity contribution in [2.24, 2.45) is 50.2 Å². The molecule has 5 rings (SSSR count). The highest BCUT2D eigenvalue weighted by Crippen LogP contribution is 2.75. The Kier molecular flexibility index (Phi) is 5.56. The second-order valence-electron chi connectivity index (χ2n) is 15.1. The topological polar surface area (TPSA) is 98.0 Å². The maximum atomic E-state index is 12.8. The Morgan fingerprint density at radius 2 is 1.60 bits per heavy atom. The van der Waals surface area contributed by atoms with Crippen LogP contribution in [0, 0.1) is 50.2 Å². The molecule has 0 aliphatic heterocycles. The van der Waals surface area contributed by atoms with Crippen LogP contribution in [-0.4, -0.2) is 45.2 Å². The predicted octanol–water partition coefficient (Wildman–Crippen LogP) is 5.18.